The van der Waals surface area contributed by atoms with Crippen LogP contribution in [0, 0.1) is 6.92 Å². The van der Waals surface area contributed by atoms with Crippen molar-refractivity contribution in [2.75, 3.05) is 0 Å². The molecule has 0 spiro atoms. The minimum atomic E-state index is -0.116. The van der Waals surface area contributed by atoms with Crippen molar-refractivity contribution >= 4 is 0 Å². The molecule has 1 aliphatic rings. The first kappa shape index (κ1) is 11.3. The zero-order chi connectivity index (χ0) is 12.5. The van der Waals surface area contributed by atoms with Crippen molar-refractivity contribution in [3.05, 3.63) is 53.4 Å². The molecule has 2 aromatic heterocycles. The largest absolute Gasteiger partial charge is 0.322 e. The highest BCUT2D eigenvalue weighted by atomic mass is 14.9. The Balaban J connectivity index is 1.90. The van der Waals surface area contributed by atoms with Crippen molar-refractivity contribution in [1.29, 1.82) is 0 Å². The predicted molar refractivity (Wildman–Crippen MR) is 69.0 cm³/mol. The molecule has 0 aliphatic heterocycles. The number of hydrogen-bond donors (Lipinski definition) is 1. The van der Waals surface area contributed by atoms with Gasteiger partial charge in [0.2, 0.25) is 0 Å². The van der Waals surface area contributed by atoms with Gasteiger partial charge < -0.3 is 5.73 Å². The summed E-state index contributed by atoms with van der Waals surface area (Å²) >= 11 is 0. The van der Waals surface area contributed by atoms with Crippen molar-refractivity contribution in [2.45, 2.75) is 31.7 Å². The van der Waals surface area contributed by atoms with Gasteiger partial charge in [0.25, 0.3) is 0 Å². The summed E-state index contributed by atoms with van der Waals surface area (Å²) in [6.07, 6.45) is 7.49. The number of nitrogens with zero attached hydrogens (tertiary/aromatic N) is 3. The van der Waals surface area contributed by atoms with Gasteiger partial charge in [0.15, 0.2) is 0 Å². The SMILES string of the molecule is Cc1cnc(C(N)C2CCc3cccnc32)cn1. The Morgan fingerprint density at radius 2 is 2.17 bits per heavy atom. The number of aromatic nitrogens is 3. The van der Waals surface area contributed by atoms with E-state index in [2.05, 4.69) is 21.0 Å². The lowest BCUT2D eigenvalue weighted by Gasteiger charge is -2.18. The standard InChI is InChI=1S/C14H16N4/c1-9-7-18-12(8-17-9)13(15)11-5-4-10-3-2-6-16-14(10)11/h2-3,6-8,11,13H,4-5,15H2,1H3. The number of fused-ring (bicyclic) bond motifs is 1. The van der Waals surface area contributed by atoms with Crippen molar-refractivity contribution in [1.82, 2.24) is 15.0 Å². The number of hydrogen-bond acceptors (Lipinski definition) is 4. The Morgan fingerprint density at radius 1 is 1.28 bits per heavy atom. The van der Waals surface area contributed by atoms with Gasteiger partial charge >= 0.3 is 0 Å². The van der Waals surface area contributed by atoms with Gasteiger partial charge in [0.1, 0.15) is 0 Å². The molecule has 4 heteroatoms. The molecule has 0 radical (unpaired) electrons. The highest BCUT2D eigenvalue weighted by Gasteiger charge is 2.30. The first-order valence-electron chi connectivity index (χ1n) is 6.23. The Labute approximate surface area is 106 Å². The van der Waals surface area contributed by atoms with Gasteiger partial charge in [-0.1, -0.05) is 6.07 Å². The lowest BCUT2D eigenvalue weighted by atomic mass is 9.95. The van der Waals surface area contributed by atoms with E-state index in [1.807, 2.05) is 19.2 Å². The fourth-order valence-corrected chi connectivity index (χ4v) is 2.57. The van der Waals surface area contributed by atoms with Crippen LogP contribution in [0.5, 0.6) is 0 Å². The van der Waals surface area contributed by atoms with Crippen LogP contribution in [-0.4, -0.2) is 15.0 Å². The minimum Gasteiger partial charge on any atom is -0.322 e. The molecule has 92 valence electrons. The molecule has 2 atom stereocenters. The number of pyridine rings is 1. The Bertz CT molecular complexity index is 550. The molecular formula is C14H16N4. The zero-order valence-corrected chi connectivity index (χ0v) is 10.4. The Kier molecular flexibility index (Phi) is 2.80. The highest BCUT2D eigenvalue weighted by Crippen LogP contribution is 2.38. The second-order valence-corrected chi connectivity index (χ2v) is 4.80. The Hall–Kier alpha value is -1.81. The smallest absolute Gasteiger partial charge is 0.0760 e. The van der Waals surface area contributed by atoms with Crippen LogP contribution < -0.4 is 5.73 Å². The maximum absolute atomic E-state index is 6.32. The molecule has 0 aromatic carbocycles. The van der Waals surface area contributed by atoms with Crippen LogP contribution >= 0.6 is 0 Å². The zero-order valence-electron chi connectivity index (χ0n) is 10.4. The van der Waals surface area contributed by atoms with E-state index in [-0.39, 0.29) is 12.0 Å². The summed E-state index contributed by atoms with van der Waals surface area (Å²) in [7, 11) is 0. The molecule has 0 bridgehead atoms. The summed E-state index contributed by atoms with van der Waals surface area (Å²) < 4.78 is 0. The van der Waals surface area contributed by atoms with E-state index < -0.39 is 0 Å². The average Bonchev–Trinajstić information content (AvgIpc) is 2.82. The summed E-state index contributed by atoms with van der Waals surface area (Å²) in [5.74, 6) is 0.262. The van der Waals surface area contributed by atoms with Crippen molar-refractivity contribution in [3.63, 3.8) is 0 Å². The van der Waals surface area contributed by atoms with Crippen molar-refractivity contribution < 1.29 is 0 Å². The van der Waals surface area contributed by atoms with E-state index in [1.165, 1.54) is 5.56 Å². The first-order chi connectivity index (χ1) is 8.75. The second-order valence-electron chi connectivity index (χ2n) is 4.80. The molecule has 2 unspecified atom stereocenters. The van der Waals surface area contributed by atoms with Crippen LogP contribution in [0.1, 0.15) is 41.0 Å². The summed E-state index contributed by atoms with van der Waals surface area (Å²) in [5, 5.41) is 0. The number of rotatable bonds is 2. The first-order valence-corrected chi connectivity index (χ1v) is 6.23. The van der Waals surface area contributed by atoms with Crippen LogP contribution in [0.2, 0.25) is 0 Å². The van der Waals surface area contributed by atoms with Gasteiger partial charge in [-0.05, 0) is 31.4 Å². The van der Waals surface area contributed by atoms with E-state index in [0.29, 0.717) is 0 Å². The van der Waals surface area contributed by atoms with Gasteiger partial charge in [0.05, 0.1) is 23.6 Å². The van der Waals surface area contributed by atoms with Gasteiger partial charge in [-0.2, -0.15) is 0 Å². The number of nitrogens with two attached hydrogens (primary N) is 1. The highest BCUT2D eigenvalue weighted by molar-refractivity contribution is 5.31. The third-order valence-corrected chi connectivity index (χ3v) is 3.58. The molecule has 0 saturated heterocycles. The van der Waals surface area contributed by atoms with Crippen LogP contribution in [-0.2, 0) is 6.42 Å². The third-order valence-electron chi connectivity index (χ3n) is 3.58. The molecule has 3 rings (SSSR count). The summed E-state index contributed by atoms with van der Waals surface area (Å²) in [6, 6.07) is 4.00. The molecule has 18 heavy (non-hydrogen) atoms. The van der Waals surface area contributed by atoms with Gasteiger partial charge in [-0.25, -0.2) is 0 Å². The van der Waals surface area contributed by atoms with Gasteiger partial charge in [-0.15, -0.1) is 0 Å². The molecule has 1 aliphatic carbocycles. The summed E-state index contributed by atoms with van der Waals surface area (Å²) in [5.41, 5.74) is 10.5. The second kappa shape index (κ2) is 4.46. The maximum Gasteiger partial charge on any atom is 0.0760 e. The van der Waals surface area contributed by atoms with Crippen LogP contribution in [0.15, 0.2) is 30.7 Å². The van der Waals surface area contributed by atoms with Crippen LogP contribution in [0.4, 0.5) is 0 Å². The molecule has 2 N–H and O–H groups in total. The maximum atomic E-state index is 6.32. The lowest BCUT2D eigenvalue weighted by molar-refractivity contribution is 0.528. The molecule has 0 saturated carbocycles. The molecular weight excluding hydrogens is 224 g/mol. The Morgan fingerprint density at radius 3 is 2.94 bits per heavy atom. The number of aryl methyl sites for hydroxylation is 2. The van der Waals surface area contributed by atoms with Crippen LogP contribution in [0.25, 0.3) is 0 Å². The molecule has 0 fully saturated rings. The fraction of sp³-hybridized carbons (Fsp3) is 0.357. The van der Waals surface area contributed by atoms with E-state index in [9.17, 15) is 0 Å². The molecule has 2 heterocycles. The van der Waals surface area contributed by atoms with E-state index >= 15 is 0 Å². The van der Waals surface area contributed by atoms with Crippen molar-refractivity contribution in [2.24, 2.45) is 5.73 Å². The van der Waals surface area contributed by atoms with Crippen molar-refractivity contribution in [3.8, 4) is 0 Å². The van der Waals surface area contributed by atoms with E-state index in [1.54, 1.807) is 12.4 Å². The topological polar surface area (TPSA) is 64.7 Å². The summed E-state index contributed by atoms with van der Waals surface area (Å²) in [6.45, 7) is 1.93. The minimum absolute atomic E-state index is 0.116. The van der Waals surface area contributed by atoms with Gasteiger partial charge in [-0.3, -0.25) is 15.0 Å². The molecule has 0 amide bonds. The quantitative estimate of drug-likeness (QED) is 0.870. The fourth-order valence-electron chi connectivity index (χ4n) is 2.57. The summed E-state index contributed by atoms with van der Waals surface area (Å²) in [4.78, 5) is 13.1. The predicted octanol–water partition coefficient (Wildman–Crippen LogP) is 1.91. The van der Waals surface area contributed by atoms with E-state index in [4.69, 9.17) is 5.73 Å². The monoisotopic (exact) mass is 240 g/mol. The molecule has 4 nitrogen and oxygen atoms in total. The third kappa shape index (κ3) is 1.88. The van der Waals surface area contributed by atoms with E-state index in [0.717, 1.165) is 29.9 Å². The molecule has 2 aromatic rings. The van der Waals surface area contributed by atoms with Crippen LogP contribution in [0.3, 0.4) is 0 Å². The normalized spacial score (nSPS) is 19.6. The average molecular weight is 240 g/mol. The lowest BCUT2D eigenvalue weighted by Crippen LogP contribution is -2.20. The van der Waals surface area contributed by atoms with Gasteiger partial charge in [0, 0.05) is 24.0 Å².